The van der Waals surface area contributed by atoms with E-state index in [9.17, 15) is 19.5 Å². The Hall–Kier alpha value is -3.55. The fourth-order valence-corrected chi connectivity index (χ4v) is 4.66. The van der Waals surface area contributed by atoms with E-state index >= 15 is 0 Å². The number of aliphatic carboxylic acids is 1. The molecule has 2 aromatic carbocycles. The number of carboxylic acid groups (broad SMARTS) is 1. The van der Waals surface area contributed by atoms with Crippen LogP contribution in [-0.4, -0.2) is 59.5 Å². The van der Waals surface area contributed by atoms with Crippen molar-refractivity contribution in [1.29, 1.82) is 0 Å². The van der Waals surface area contributed by atoms with E-state index < -0.39 is 35.7 Å². The number of carbonyl (C=O) groups excluding carboxylic acids is 2. The number of benzene rings is 2. The van der Waals surface area contributed by atoms with Crippen LogP contribution in [0.25, 0.3) is 11.1 Å². The highest BCUT2D eigenvalue weighted by Crippen LogP contribution is 2.44. The molecule has 1 aliphatic heterocycles. The molecule has 2 aromatic rings. The SMILES string of the molecule is CC(C)(C)OC(=O)N1CCC(NC(=O)OCC2c3ccccc3-c3ccccc32)[C@@H](C(=O)O)C1. The number of piperidine rings is 1. The first-order chi connectivity index (χ1) is 16.1. The molecule has 8 heteroatoms. The molecule has 1 unspecified atom stereocenters. The van der Waals surface area contributed by atoms with Gasteiger partial charge in [0.2, 0.25) is 0 Å². The summed E-state index contributed by atoms with van der Waals surface area (Å²) < 4.78 is 10.9. The molecule has 0 aromatic heterocycles. The van der Waals surface area contributed by atoms with Crippen molar-refractivity contribution in [2.45, 2.75) is 44.8 Å². The second-order valence-corrected chi connectivity index (χ2v) is 9.74. The molecule has 0 radical (unpaired) electrons. The first-order valence-electron chi connectivity index (χ1n) is 11.5. The lowest BCUT2D eigenvalue weighted by atomic mass is 9.92. The summed E-state index contributed by atoms with van der Waals surface area (Å²) in [5.74, 6) is -2.12. The van der Waals surface area contributed by atoms with E-state index in [2.05, 4.69) is 17.4 Å². The van der Waals surface area contributed by atoms with Crippen LogP contribution in [0.3, 0.4) is 0 Å². The lowest BCUT2D eigenvalue weighted by Gasteiger charge is -2.37. The molecule has 2 N–H and O–H groups in total. The molecule has 1 fully saturated rings. The Labute approximate surface area is 198 Å². The molecule has 0 spiro atoms. The third-order valence-electron chi connectivity index (χ3n) is 6.23. The molecule has 34 heavy (non-hydrogen) atoms. The third-order valence-corrected chi connectivity index (χ3v) is 6.23. The summed E-state index contributed by atoms with van der Waals surface area (Å²) in [4.78, 5) is 38.2. The molecule has 2 atom stereocenters. The van der Waals surface area contributed by atoms with Gasteiger partial charge in [0, 0.05) is 25.0 Å². The smallest absolute Gasteiger partial charge is 0.410 e. The number of hydrogen-bond donors (Lipinski definition) is 2. The van der Waals surface area contributed by atoms with E-state index in [1.54, 1.807) is 20.8 Å². The molecule has 4 rings (SSSR count). The number of nitrogens with one attached hydrogen (secondary N) is 1. The van der Waals surface area contributed by atoms with Gasteiger partial charge in [-0.3, -0.25) is 4.79 Å². The van der Waals surface area contributed by atoms with Crippen molar-refractivity contribution < 1.29 is 29.0 Å². The number of likely N-dealkylation sites (tertiary alicyclic amines) is 1. The Balaban J connectivity index is 1.38. The Kier molecular flexibility index (Phi) is 6.50. The fraction of sp³-hybridized carbons (Fsp3) is 0.423. The van der Waals surface area contributed by atoms with Crippen molar-refractivity contribution in [2.24, 2.45) is 5.92 Å². The van der Waals surface area contributed by atoms with E-state index in [0.717, 1.165) is 22.3 Å². The van der Waals surface area contributed by atoms with Gasteiger partial charge in [0.05, 0.1) is 5.92 Å². The predicted octanol–water partition coefficient (Wildman–Crippen LogP) is 4.24. The number of carbonyl (C=O) groups is 3. The molecule has 0 bridgehead atoms. The molecule has 1 saturated heterocycles. The average molecular weight is 467 g/mol. The first-order valence-corrected chi connectivity index (χ1v) is 11.5. The van der Waals surface area contributed by atoms with E-state index in [1.165, 1.54) is 4.90 Å². The minimum absolute atomic E-state index is 0.0431. The fourth-order valence-electron chi connectivity index (χ4n) is 4.66. The summed E-state index contributed by atoms with van der Waals surface area (Å²) in [6.07, 6.45) is -0.928. The number of hydrogen-bond acceptors (Lipinski definition) is 5. The highest BCUT2D eigenvalue weighted by Gasteiger charge is 2.39. The maximum atomic E-state index is 12.6. The van der Waals surface area contributed by atoms with Crippen molar-refractivity contribution in [3.05, 3.63) is 59.7 Å². The maximum absolute atomic E-state index is 12.6. The van der Waals surface area contributed by atoms with Crippen molar-refractivity contribution in [2.75, 3.05) is 19.7 Å². The molecular formula is C26H30N2O6. The number of rotatable bonds is 4. The van der Waals surface area contributed by atoms with Crippen LogP contribution in [0.4, 0.5) is 9.59 Å². The van der Waals surface area contributed by atoms with Crippen LogP contribution in [0.5, 0.6) is 0 Å². The highest BCUT2D eigenvalue weighted by molar-refractivity contribution is 5.79. The number of carboxylic acids is 1. The molecule has 1 heterocycles. The van der Waals surface area contributed by atoms with Crippen LogP contribution in [0.2, 0.25) is 0 Å². The number of nitrogens with zero attached hydrogens (tertiary/aromatic N) is 1. The average Bonchev–Trinajstić information content (AvgIpc) is 3.10. The van der Waals surface area contributed by atoms with Gasteiger partial charge in [-0.25, -0.2) is 9.59 Å². The van der Waals surface area contributed by atoms with Gasteiger partial charge >= 0.3 is 18.2 Å². The molecule has 1 aliphatic carbocycles. The van der Waals surface area contributed by atoms with E-state index in [1.807, 2.05) is 36.4 Å². The topological polar surface area (TPSA) is 105 Å². The first kappa shape index (κ1) is 23.6. The van der Waals surface area contributed by atoms with Gasteiger partial charge in [0.15, 0.2) is 0 Å². The van der Waals surface area contributed by atoms with Gasteiger partial charge in [-0.15, -0.1) is 0 Å². The van der Waals surface area contributed by atoms with E-state index in [-0.39, 0.29) is 25.6 Å². The molecule has 8 nitrogen and oxygen atoms in total. The number of amides is 2. The third kappa shape index (κ3) is 5.00. The number of ether oxygens (including phenoxy) is 2. The normalized spacial score (nSPS) is 19.7. The van der Waals surface area contributed by atoms with Gasteiger partial charge in [-0.05, 0) is 49.4 Å². The largest absolute Gasteiger partial charge is 0.481 e. The summed E-state index contributed by atoms with van der Waals surface area (Å²) >= 11 is 0. The number of alkyl carbamates (subject to hydrolysis) is 1. The summed E-state index contributed by atoms with van der Waals surface area (Å²) in [5, 5.41) is 12.4. The van der Waals surface area contributed by atoms with Gasteiger partial charge in [0.1, 0.15) is 12.2 Å². The van der Waals surface area contributed by atoms with Crippen molar-refractivity contribution >= 4 is 18.2 Å². The zero-order valence-electron chi connectivity index (χ0n) is 19.6. The second kappa shape index (κ2) is 9.37. The monoisotopic (exact) mass is 466 g/mol. The molecule has 2 amide bonds. The summed E-state index contributed by atoms with van der Waals surface area (Å²) in [5.41, 5.74) is 3.79. The summed E-state index contributed by atoms with van der Waals surface area (Å²) in [7, 11) is 0. The molecule has 0 saturated carbocycles. The Morgan fingerprint density at radius 1 is 1.03 bits per heavy atom. The predicted molar refractivity (Wildman–Crippen MR) is 126 cm³/mol. The van der Waals surface area contributed by atoms with Gasteiger partial charge in [0.25, 0.3) is 0 Å². The van der Waals surface area contributed by atoms with E-state index in [4.69, 9.17) is 9.47 Å². The van der Waals surface area contributed by atoms with Gasteiger partial charge in [-0.2, -0.15) is 0 Å². The Morgan fingerprint density at radius 2 is 1.62 bits per heavy atom. The number of fused-ring (bicyclic) bond motifs is 3. The molecular weight excluding hydrogens is 436 g/mol. The summed E-state index contributed by atoms with van der Waals surface area (Å²) in [6.45, 7) is 5.65. The lowest BCUT2D eigenvalue weighted by Crippen LogP contribution is -2.55. The lowest BCUT2D eigenvalue weighted by molar-refractivity contribution is -0.144. The van der Waals surface area contributed by atoms with Crippen molar-refractivity contribution in [3.8, 4) is 11.1 Å². The van der Waals surface area contributed by atoms with Crippen LogP contribution in [-0.2, 0) is 14.3 Å². The second-order valence-electron chi connectivity index (χ2n) is 9.74. The standard InChI is InChI=1S/C26H30N2O6/c1-26(2,3)34-25(32)28-13-12-22(20(14-28)23(29)30)27-24(31)33-15-21-18-10-6-4-8-16(18)17-9-5-7-11-19(17)21/h4-11,20-22H,12-15H2,1-3H3,(H,27,31)(H,29,30)/t20-,22?/m0/s1. The summed E-state index contributed by atoms with van der Waals surface area (Å²) in [6, 6.07) is 15.5. The maximum Gasteiger partial charge on any atom is 0.410 e. The van der Waals surface area contributed by atoms with Gasteiger partial charge < -0.3 is 24.8 Å². The Morgan fingerprint density at radius 3 is 2.18 bits per heavy atom. The minimum Gasteiger partial charge on any atom is -0.481 e. The quantitative estimate of drug-likeness (QED) is 0.699. The Bertz CT molecular complexity index is 1050. The zero-order chi connectivity index (χ0) is 24.5. The molecule has 2 aliphatic rings. The van der Waals surface area contributed by atoms with Gasteiger partial charge in [-0.1, -0.05) is 48.5 Å². The molecule has 180 valence electrons. The van der Waals surface area contributed by atoms with Crippen molar-refractivity contribution in [3.63, 3.8) is 0 Å². The van der Waals surface area contributed by atoms with Crippen molar-refractivity contribution in [1.82, 2.24) is 10.2 Å². The minimum atomic E-state index is -1.09. The van der Waals surface area contributed by atoms with Crippen LogP contribution in [0, 0.1) is 5.92 Å². The van der Waals surface area contributed by atoms with Crippen LogP contribution in [0.1, 0.15) is 44.2 Å². The van der Waals surface area contributed by atoms with E-state index in [0.29, 0.717) is 6.42 Å². The van der Waals surface area contributed by atoms with Crippen LogP contribution in [0.15, 0.2) is 48.5 Å². The zero-order valence-corrected chi connectivity index (χ0v) is 19.6. The van der Waals surface area contributed by atoms with Crippen LogP contribution < -0.4 is 5.32 Å². The highest BCUT2D eigenvalue weighted by atomic mass is 16.6. The van der Waals surface area contributed by atoms with Crippen LogP contribution >= 0.6 is 0 Å².